The van der Waals surface area contributed by atoms with E-state index in [1.807, 2.05) is 18.2 Å². The van der Waals surface area contributed by atoms with E-state index >= 15 is 0 Å². The van der Waals surface area contributed by atoms with Crippen molar-refractivity contribution in [3.05, 3.63) is 53.2 Å². The monoisotopic (exact) mass is 362 g/mol. The van der Waals surface area contributed by atoms with E-state index in [4.69, 9.17) is 0 Å². The number of rotatable bonds is 3. The van der Waals surface area contributed by atoms with Gasteiger partial charge in [-0.2, -0.15) is 5.26 Å². The van der Waals surface area contributed by atoms with Crippen molar-refractivity contribution in [1.82, 2.24) is 16.0 Å². The molecule has 2 heterocycles. The summed E-state index contributed by atoms with van der Waals surface area (Å²) < 4.78 is 0. The third-order valence-electron chi connectivity index (χ3n) is 6.49. The van der Waals surface area contributed by atoms with Gasteiger partial charge in [0.25, 0.3) is 0 Å². The quantitative estimate of drug-likeness (QED) is 0.773. The molecule has 4 nitrogen and oxygen atoms in total. The molecule has 3 aliphatic rings. The Morgan fingerprint density at radius 2 is 2.00 bits per heavy atom. The molecule has 4 atom stereocenters. The van der Waals surface area contributed by atoms with E-state index in [1.54, 1.807) is 0 Å². The van der Waals surface area contributed by atoms with E-state index in [-0.39, 0.29) is 0 Å². The third-order valence-corrected chi connectivity index (χ3v) is 6.49. The number of nitrogens with zero attached hydrogens (tertiary/aromatic N) is 1. The topological polar surface area (TPSA) is 59.9 Å². The summed E-state index contributed by atoms with van der Waals surface area (Å²) in [5.41, 5.74) is 4.82. The lowest BCUT2D eigenvalue weighted by molar-refractivity contribution is 0.305. The average molecular weight is 363 g/mol. The van der Waals surface area contributed by atoms with Crippen LogP contribution in [-0.2, 0) is 0 Å². The summed E-state index contributed by atoms with van der Waals surface area (Å²) in [6.45, 7) is 7.89. The first kappa shape index (κ1) is 18.3. The Morgan fingerprint density at radius 3 is 2.78 bits per heavy atom. The van der Waals surface area contributed by atoms with Gasteiger partial charge in [0.15, 0.2) is 0 Å². The van der Waals surface area contributed by atoms with Gasteiger partial charge in [0.2, 0.25) is 0 Å². The van der Waals surface area contributed by atoms with E-state index < -0.39 is 0 Å². The molecule has 1 fully saturated rings. The largest absolute Gasteiger partial charge is 0.391 e. The summed E-state index contributed by atoms with van der Waals surface area (Å²) >= 11 is 0. The second kappa shape index (κ2) is 7.88. The fourth-order valence-electron chi connectivity index (χ4n) is 4.90. The van der Waals surface area contributed by atoms with Crippen LogP contribution in [0.25, 0.3) is 5.57 Å². The van der Waals surface area contributed by atoms with Gasteiger partial charge in [-0.1, -0.05) is 32.1 Å². The maximum Gasteiger partial charge on any atom is 0.0991 e. The highest BCUT2D eigenvalue weighted by Crippen LogP contribution is 2.42. The van der Waals surface area contributed by atoms with Crippen LogP contribution in [0.5, 0.6) is 0 Å². The van der Waals surface area contributed by atoms with Crippen LogP contribution in [0, 0.1) is 29.1 Å². The minimum Gasteiger partial charge on any atom is -0.391 e. The first-order chi connectivity index (χ1) is 13.2. The molecule has 4 rings (SSSR count). The van der Waals surface area contributed by atoms with Crippen molar-refractivity contribution in [3.8, 4) is 6.07 Å². The minimum absolute atomic E-state index is 0.346. The first-order valence-electron chi connectivity index (χ1n) is 10.3. The predicted octanol–water partition coefficient (Wildman–Crippen LogP) is 3.04. The third kappa shape index (κ3) is 3.67. The predicted molar refractivity (Wildman–Crippen MR) is 110 cm³/mol. The summed E-state index contributed by atoms with van der Waals surface area (Å²) in [6.07, 6.45) is 7.11. The van der Waals surface area contributed by atoms with E-state index in [9.17, 15) is 5.26 Å². The molecule has 1 aliphatic carbocycles. The number of piperidine rings is 1. The number of fused-ring (bicyclic) bond motifs is 1. The van der Waals surface area contributed by atoms with Crippen molar-refractivity contribution in [2.24, 2.45) is 17.8 Å². The van der Waals surface area contributed by atoms with Gasteiger partial charge in [0.05, 0.1) is 11.6 Å². The van der Waals surface area contributed by atoms with Gasteiger partial charge in [-0.25, -0.2) is 0 Å². The lowest BCUT2D eigenvalue weighted by Crippen LogP contribution is -2.52. The standard InChI is InChI=1S/C23H30N4/c1-15-13-26-14-22-20(15)11-21(18-5-3-4-17(10-18)12-24)16(2)23(22)27-19-6-8-25-9-7-19/h3-5,10-11,14-16,19-20,23,25-27H,6-9,13H2,1-2H3/t15?,16-,20?,23?/m0/s1. The molecule has 4 heteroatoms. The van der Waals surface area contributed by atoms with Gasteiger partial charge in [-0.3, -0.25) is 0 Å². The molecule has 3 unspecified atom stereocenters. The summed E-state index contributed by atoms with van der Waals surface area (Å²) in [7, 11) is 0. The van der Waals surface area contributed by atoms with Crippen molar-refractivity contribution < 1.29 is 0 Å². The SMILES string of the molecule is CC1CNC=C2C1C=C(c1cccc(C#N)c1)[C@H](C)C2NC1CCNCC1. The smallest absolute Gasteiger partial charge is 0.0991 e. The summed E-state index contributed by atoms with van der Waals surface area (Å²) in [4.78, 5) is 0. The van der Waals surface area contributed by atoms with Gasteiger partial charge in [0, 0.05) is 30.5 Å². The molecule has 27 heavy (non-hydrogen) atoms. The zero-order chi connectivity index (χ0) is 18.8. The lowest BCUT2D eigenvalue weighted by atomic mass is 9.69. The second-order valence-electron chi connectivity index (χ2n) is 8.33. The Balaban J connectivity index is 1.69. The number of nitrogens with one attached hydrogen (secondary N) is 3. The fourth-order valence-corrected chi connectivity index (χ4v) is 4.90. The van der Waals surface area contributed by atoms with Crippen molar-refractivity contribution in [1.29, 1.82) is 5.26 Å². The summed E-state index contributed by atoms with van der Waals surface area (Å²) in [5.74, 6) is 1.41. The molecule has 0 aromatic heterocycles. The maximum atomic E-state index is 9.32. The molecule has 1 saturated heterocycles. The van der Waals surface area contributed by atoms with E-state index in [1.165, 1.54) is 29.6 Å². The normalized spacial score (nSPS) is 31.1. The summed E-state index contributed by atoms with van der Waals surface area (Å²) in [6, 6.07) is 11.3. The van der Waals surface area contributed by atoms with Crippen LogP contribution in [0.2, 0.25) is 0 Å². The van der Waals surface area contributed by atoms with Crippen molar-refractivity contribution >= 4 is 5.57 Å². The van der Waals surface area contributed by atoms with Crippen LogP contribution in [0.15, 0.2) is 42.1 Å². The number of hydrogen-bond donors (Lipinski definition) is 3. The molecule has 3 N–H and O–H groups in total. The Labute approximate surface area is 162 Å². The molecule has 0 bridgehead atoms. The number of hydrogen-bond acceptors (Lipinski definition) is 4. The van der Waals surface area contributed by atoms with Crippen LogP contribution in [0.1, 0.15) is 37.8 Å². The van der Waals surface area contributed by atoms with Gasteiger partial charge < -0.3 is 16.0 Å². The van der Waals surface area contributed by atoms with Crippen LogP contribution >= 0.6 is 0 Å². The Hall–Kier alpha value is -2.09. The number of benzene rings is 1. The van der Waals surface area contributed by atoms with Gasteiger partial charge in [0.1, 0.15) is 0 Å². The molecule has 0 radical (unpaired) electrons. The zero-order valence-electron chi connectivity index (χ0n) is 16.3. The van der Waals surface area contributed by atoms with Crippen LogP contribution in [0.4, 0.5) is 0 Å². The van der Waals surface area contributed by atoms with Crippen LogP contribution in [-0.4, -0.2) is 31.7 Å². The second-order valence-corrected chi connectivity index (χ2v) is 8.33. The summed E-state index contributed by atoms with van der Waals surface area (Å²) in [5, 5.41) is 20.3. The molecule has 0 amide bonds. The van der Waals surface area contributed by atoms with Gasteiger partial charge >= 0.3 is 0 Å². The fraction of sp³-hybridized carbons (Fsp3) is 0.522. The molecular weight excluding hydrogens is 332 g/mol. The Kier molecular flexibility index (Phi) is 5.33. The maximum absolute atomic E-state index is 9.32. The minimum atomic E-state index is 0.346. The van der Waals surface area contributed by atoms with Crippen molar-refractivity contribution in [2.45, 2.75) is 38.8 Å². The van der Waals surface area contributed by atoms with E-state index in [2.05, 4.69) is 54.2 Å². The lowest BCUT2D eigenvalue weighted by Gasteiger charge is -2.44. The molecule has 0 saturated carbocycles. The Morgan fingerprint density at radius 1 is 1.19 bits per heavy atom. The molecule has 1 aromatic carbocycles. The highest BCUT2D eigenvalue weighted by molar-refractivity contribution is 5.72. The number of nitriles is 1. The molecule has 142 valence electrons. The molecular formula is C23H30N4. The van der Waals surface area contributed by atoms with Crippen LogP contribution < -0.4 is 16.0 Å². The van der Waals surface area contributed by atoms with Crippen molar-refractivity contribution in [2.75, 3.05) is 19.6 Å². The van der Waals surface area contributed by atoms with Gasteiger partial charge in [-0.05, 0) is 66.9 Å². The zero-order valence-corrected chi connectivity index (χ0v) is 16.3. The highest BCUT2D eigenvalue weighted by atomic mass is 15.0. The average Bonchev–Trinajstić information content (AvgIpc) is 2.71. The van der Waals surface area contributed by atoms with Gasteiger partial charge in [-0.15, -0.1) is 0 Å². The van der Waals surface area contributed by atoms with Crippen molar-refractivity contribution in [3.63, 3.8) is 0 Å². The Bertz CT molecular complexity index is 782. The van der Waals surface area contributed by atoms with E-state index in [0.29, 0.717) is 29.8 Å². The molecule has 2 aliphatic heterocycles. The molecule has 0 spiro atoms. The van der Waals surface area contributed by atoms with E-state index in [0.717, 1.165) is 25.2 Å². The highest BCUT2D eigenvalue weighted by Gasteiger charge is 2.38. The number of allylic oxidation sites excluding steroid dienone is 1. The first-order valence-corrected chi connectivity index (χ1v) is 10.3. The van der Waals surface area contributed by atoms with Crippen LogP contribution in [0.3, 0.4) is 0 Å². The molecule has 1 aromatic rings.